The van der Waals surface area contributed by atoms with Crippen molar-refractivity contribution in [2.24, 2.45) is 4.99 Å². The molecule has 0 aliphatic rings. The van der Waals surface area contributed by atoms with Gasteiger partial charge in [-0.15, -0.1) is 0 Å². The van der Waals surface area contributed by atoms with E-state index in [0.717, 1.165) is 12.3 Å². The lowest BCUT2D eigenvalue weighted by Gasteiger charge is -2.17. The van der Waals surface area contributed by atoms with Gasteiger partial charge >= 0.3 is 0 Å². The summed E-state index contributed by atoms with van der Waals surface area (Å²) in [6.07, 6.45) is -0.268. The Balaban J connectivity index is 1.86. The second-order valence-corrected chi connectivity index (χ2v) is 6.54. The van der Waals surface area contributed by atoms with Crippen molar-refractivity contribution in [3.63, 3.8) is 0 Å². The number of hydrogen-bond donors (Lipinski definition) is 2. The average Bonchev–Trinajstić information content (AvgIpc) is 3.15. The lowest BCUT2D eigenvalue weighted by atomic mass is 10.3. The van der Waals surface area contributed by atoms with E-state index in [1.54, 1.807) is 12.1 Å². The summed E-state index contributed by atoms with van der Waals surface area (Å²) in [7, 11) is 0. The predicted octanol–water partition coefficient (Wildman–Crippen LogP) is 3.34. The van der Waals surface area contributed by atoms with Gasteiger partial charge in [0.1, 0.15) is 24.5 Å². The molecule has 2 N–H and O–H groups in total. The zero-order chi connectivity index (χ0) is 20.4. The number of rotatable bonds is 10. The van der Waals surface area contributed by atoms with Crippen molar-refractivity contribution >= 4 is 17.6 Å². The summed E-state index contributed by atoms with van der Waals surface area (Å²) in [4.78, 5) is 8.80. The number of hydrogen-bond acceptors (Lipinski definition) is 6. The zero-order valence-electron chi connectivity index (χ0n) is 16.7. The maximum absolute atomic E-state index is 5.89. The second kappa shape index (κ2) is 11.5. The van der Waals surface area contributed by atoms with E-state index in [-0.39, 0.29) is 18.8 Å². The molecule has 0 aliphatic carbocycles. The first kappa shape index (κ1) is 22.0. The summed E-state index contributed by atoms with van der Waals surface area (Å²) in [5.74, 6) is 2.37. The van der Waals surface area contributed by atoms with E-state index < -0.39 is 0 Å². The molecule has 0 spiro atoms. The second-order valence-electron chi connectivity index (χ2n) is 6.10. The molecule has 0 fully saturated rings. The Hall–Kier alpha value is -2.32. The number of aliphatic imine (C=N–C) groups is 1. The van der Waals surface area contributed by atoms with Crippen molar-refractivity contribution in [3.05, 3.63) is 41.0 Å². The van der Waals surface area contributed by atoms with Gasteiger partial charge in [-0.25, -0.2) is 4.99 Å². The third-order valence-corrected chi connectivity index (χ3v) is 3.94. The molecule has 154 valence electrons. The number of benzene rings is 1. The lowest BCUT2D eigenvalue weighted by molar-refractivity contribution is 0.0683. The van der Waals surface area contributed by atoms with Crippen molar-refractivity contribution in [1.29, 1.82) is 0 Å². The molecule has 1 aromatic carbocycles. The Morgan fingerprint density at radius 3 is 2.64 bits per heavy atom. The lowest BCUT2D eigenvalue weighted by Crippen LogP contribution is -2.41. The van der Waals surface area contributed by atoms with Crippen molar-refractivity contribution < 1.29 is 14.0 Å². The SMILES string of the molecule is CCNC(=NCc1nc(C(C)OCC)no1)NCC(C)Oc1ccc(Cl)cc1. The fourth-order valence-electron chi connectivity index (χ4n) is 2.34. The molecular formula is C19H28ClN5O3. The van der Waals surface area contributed by atoms with Crippen LogP contribution in [0.5, 0.6) is 5.75 Å². The van der Waals surface area contributed by atoms with Crippen LogP contribution in [0, 0.1) is 0 Å². The molecule has 9 heteroatoms. The van der Waals surface area contributed by atoms with Gasteiger partial charge in [0.05, 0.1) is 6.54 Å². The predicted molar refractivity (Wildman–Crippen MR) is 109 cm³/mol. The van der Waals surface area contributed by atoms with Crippen LogP contribution in [0.1, 0.15) is 45.5 Å². The Kier molecular flexibility index (Phi) is 9.03. The minimum absolute atomic E-state index is 0.0629. The van der Waals surface area contributed by atoms with Gasteiger partial charge in [-0.05, 0) is 52.0 Å². The minimum atomic E-state index is -0.205. The first-order chi connectivity index (χ1) is 13.5. The summed E-state index contributed by atoms with van der Waals surface area (Å²) < 4.78 is 16.5. The number of halogens is 1. The van der Waals surface area contributed by atoms with E-state index in [0.29, 0.717) is 35.8 Å². The molecule has 2 aromatic rings. The van der Waals surface area contributed by atoms with E-state index in [4.69, 9.17) is 25.6 Å². The first-order valence-electron chi connectivity index (χ1n) is 9.40. The van der Waals surface area contributed by atoms with Crippen LogP contribution in [0.2, 0.25) is 5.02 Å². The summed E-state index contributed by atoms with van der Waals surface area (Å²) in [5.41, 5.74) is 0. The van der Waals surface area contributed by atoms with E-state index in [9.17, 15) is 0 Å². The summed E-state index contributed by atoms with van der Waals surface area (Å²) in [6, 6.07) is 7.28. The van der Waals surface area contributed by atoms with E-state index >= 15 is 0 Å². The highest BCUT2D eigenvalue weighted by atomic mass is 35.5. The highest BCUT2D eigenvalue weighted by Gasteiger charge is 2.13. The maximum atomic E-state index is 5.89. The van der Waals surface area contributed by atoms with Crippen LogP contribution in [0.15, 0.2) is 33.8 Å². The first-order valence-corrected chi connectivity index (χ1v) is 9.78. The van der Waals surface area contributed by atoms with Gasteiger partial charge < -0.3 is 24.6 Å². The molecule has 0 radical (unpaired) electrons. The van der Waals surface area contributed by atoms with Gasteiger partial charge in [-0.2, -0.15) is 4.98 Å². The molecular weight excluding hydrogens is 382 g/mol. The van der Waals surface area contributed by atoms with Crippen LogP contribution in [-0.2, 0) is 11.3 Å². The Morgan fingerprint density at radius 2 is 1.96 bits per heavy atom. The highest BCUT2D eigenvalue weighted by Crippen LogP contribution is 2.16. The molecule has 0 amide bonds. The molecule has 0 aliphatic heterocycles. The van der Waals surface area contributed by atoms with Crippen LogP contribution in [0.4, 0.5) is 0 Å². The number of aromatic nitrogens is 2. The highest BCUT2D eigenvalue weighted by molar-refractivity contribution is 6.30. The monoisotopic (exact) mass is 409 g/mol. The standard InChI is InChI=1S/C19H28ClN5O3/c1-5-21-19(22-11-13(3)27-16-9-7-15(20)8-10-16)23-12-17-24-18(25-28-17)14(4)26-6-2/h7-10,13-14H,5-6,11-12H2,1-4H3,(H2,21,22,23). The fraction of sp³-hybridized carbons (Fsp3) is 0.526. The molecule has 2 atom stereocenters. The van der Waals surface area contributed by atoms with E-state index in [1.807, 2.05) is 39.8 Å². The molecule has 0 bridgehead atoms. The third kappa shape index (κ3) is 7.36. The Morgan fingerprint density at radius 1 is 1.21 bits per heavy atom. The van der Waals surface area contributed by atoms with Crippen molar-refractivity contribution in [2.45, 2.75) is 46.4 Å². The zero-order valence-corrected chi connectivity index (χ0v) is 17.5. The molecule has 1 heterocycles. The smallest absolute Gasteiger partial charge is 0.248 e. The summed E-state index contributed by atoms with van der Waals surface area (Å²) in [5, 5.41) is 11.0. The molecule has 1 aromatic heterocycles. The van der Waals surface area contributed by atoms with Crippen LogP contribution in [-0.4, -0.2) is 41.9 Å². The number of nitrogens with zero attached hydrogens (tertiary/aromatic N) is 3. The van der Waals surface area contributed by atoms with E-state index in [1.165, 1.54) is 0 Å². The molecule has 2 unspecified atom stereocenters. The quantitative estimate of drug-likeness (QED) is 0.459. The molecule has 28 heavy (non-hydrogen) atoms. The third-order valence-electron chi connectivity index (χ3n) is 3.69. The van der Waals surface area contributed by atoms with Crippen LogP contribution in [0.25, 0.3) is 0 Å². The van der Waals surface area contributed by atoms with Gasteiger partial charge in [0, 0.05) is 18.2 Å². The normalized spacial score (nSPS) is 13.8. The van der Waals surface area contributed by atoms with Gasteiger partial charge in [0.25, 0.3) is 0 Å². The van der Waals surface area contributed by atoms with Crippen molar-refractivity contribution in [2.75, 3.05) is 19.7 Å². The average molecular weight is 410 g/mol. The Bertz CT molecular complexity index is 735. The maximum Gasteiger partial charge on any atom is 0.248 e. The van der Waals surface area contributed by atoms with Gasteiger partial charge in [0.15, 0.2) is 11.8 Å². The fourth-order valence-corrected chi connectivity index (χ4v) is 2.46. The van der Waals surface area contributed by atoms with Crippen molar-refractivity contribution in [3.8, 4) is 5.75 Å². The Labute approximate surface area is 170 Å². The number of guanidine groups is 1. The largest absolute Gasteiger partial charge is 0.489 e. The van der Waals surface area contributed by atoms with Crippen LogP contribution < -0.4 is 15.4 Å². The summed E-state index contributed by atoms with van der Waals surface area (Å²) in [6.45, 7) is 9.95. The van der Waals surface area contributed by atoms with Crippen LogP contribution >= 0.6 is 11.6 Å². The topological polar surface area (TPSA) is 93.8 Å². The molecule has 2 rings (SSSR count). The van der Waals surface area contributed by atoms with Crippen LogP contribution in [0.3, 0.4) is 0 Å². The van der Waals surface area contributed by atoms with Gasteiger partial charge in [-0.3, -0.25) is 0 Å². The summed E-state index contributed by atoms with van der Waals surface area (Å²) >= 11 is 5.89. The van der Waals surface area contributed by atoms with Gasteiger partial charge in [-0.1, -0.05) is 16.8 Å². The molecule has 0 saturated carbocycles. The van der Waals surface area contributed by atoms with E-state index in [2.05, 4.69) is 25.8 Å². The molecule has 0 saturated heterocycles. The molecule has 8 nitrogen and oxygen atoms in total. The minimum Gasteiger partial charge on any atom is -0.489 e. The number of nitrogens with one attached hydrogen (secondary N) is 2. The van der Waals surface area contributed by atoms with Crippen molar-refractivity contribution in [1.82, 2.24) is 20.8 Å². The number of ether oxygens (including phenoxy) is 2. The van der Waals surface area contributed by atoms with Gasteiger partial charge in [0.2, 0.25) is 5.89 Å².